The van der Waals surface area contributed by atoms with E-state index in [4.69, 9.17) is 14.9 Å². The molecule has 5 heterocycles. The fourth-order valence-corrected chi connectivity index (χ4v) is 4.78. The third-order valence-electron chi connectivity index (χ3n) is 6.24. The van der Waals surface area contributed by atoms with Crippen molar-refractivity contribution in [3.05, 3.63) is 59.9 Å². The quantitative estimate of drug-likeness (QED) is 0.610. The third-order valence-corrected chi connectivity index (χ3v) is 6.24. The summed E-state index contributed by atoms with van der Waals surface area (Å²) in [5, 5.41) is 0. The molecule has 5 rings (SSSR count). The molecule has 3 aromatic heterocycles. The number of carbonyl (C=O) groups excluding carboxylic acids is 1. The highest BCUT2D eigenvalue weighted by molar-refractivity contribution is 5.99. The highest BCUT2D eigenvalue weighted by atomic mass is 16.5. The van der Waals surface area contributed by atoms with Crippen molar-refractivity contribution in [1.82, 2.24) is 9.97 Å². The third kappa shape index (κ3) is 4.12. The van der Waals surface area contributed by atoms with Gasteiger partial charge in [-0.25, -0.2) is 4.98 Å². The van der Waals surface area contributed by atoms with Crippen molar-refractivity contribution < 1.29 is 13.9 Å². The zero-order valence-electron chi connectivity index (χ0n) is 18.3. The first-order valence-electron chi connectivity index (χ1n) is 11.2. The predicted octanol–water partition coefficient (Wildman–Crippen LogP) is 3.97. The average molecular weight is 433 g/mol. The van der Waals surface area contributed by atoms with Crippen LogP contribution < -0.4 is 10.6 Å². The standard InChI is InChI=1S/C25H28N4O3/c1-16-9-19(26)13-29(12-16)22-6-7-27-11-18(22)10-23(30)21-4-5-24-25(28-21)20(15-32-24)17-3-2-8-31-14-17/h4-7,11,14-16,19H,2-3,8-10,12-13,26H2,1H3/t16-,19+/m1/s1. The molecule has 1 saturated heterocycles. The second kappa shape index (κ2) is 8.74. The summed E-state index contributed by atoms with van der Waals surface area (Å²) < 4.78 is 11.2. The van der Waals surface area contributed by atoms with Crippen LogP contribution in [0.2, 0.25) is 0 Å². The van der Waals surface area contributed by atoms with Gasteiger partial charge in [-0.15, -0.1) is 0 Å². The predicted molar refractivity (Wildman–Crippen MR) is 123 cm³/mol. The van der Waals surface area contributed by atoms with E-state index in [1.807, 2.05) is 12.1 Å². The van der Waals surface area contributed by atoms with Gasteiger partial charge in [0.1, 0.15) is 17.5 Å². The van der Waals surface area contributed by atoms with Crippen LogP contribution >= 0.6 is 0 Å². The van der Waals surface area contributed by atoms with E-state index in [1.165, 1.54) is 0 Å². The van der Waals surface area contributed by atoms with Gasteiger partial charge in [-0.2, -0.15) is 0 Å². The number of fused-ring (bicyclic) bond motifs is 1. The number of nitrogens with zero attached hydrogens (tertiary/aromatic N) is 3. The lowest BCUT2D eigenvalue weighted by Gasteiger charge is -2.37. The first-order valence-corrected chi connectivity index (χ1v) is 11.2. The lowest BCUT2D eigenvalue weighted by atomic mass is 9.95. The summed E-state index contributed by atoms with van der Waals surface area (Å²) >= 11 is 0. The fourth-order valence-electron chi connectivity index (χ4n) is 4.78. The molecule has 7 nitrogen and oxygen atoms in total. The second-order valence-corrected chi connectivity index (χ2v) is 8.92. The van der Waals surface area contributed by atoms with Crippen LogP contribution in [-0.4, -0.2) is 41.5 Å². The van der Waals surface area contributed by atoms with Crippen molar-refractivity contribution in [2.24, 2.45) is 11.7 Å². The molecule has 2 N–H and O–H groups in total. The topological polar surface area (TPSA) is 94.5 Å². The molecule has 2 atom stereocenters. The summed E-state index contributed by atoms with van der Waals surface area (Å²) in [6, 6.07) is 5.67. The first kappa shape index (κ1) is 20.7. The number of nitrogens with two attached hydrogens (primary N) is 1. The number of hydrogen-bond donors (Lipinski definition) is 1. The van der Waals surface area contributed by atoms with Crippen LogP contribution in [0.3, 0.4) is 0 Å². The Kier molecular flexibility index (Phi) is 5.66. The molecule has 2 aliphatic rings. The maximum Gasteiger partial charge on any atom is 0.185 e. The van der Waals surface area contributed by atoms with Gasteiger partial charge >= 0.3 is 0 Å². The van der Waals surface area contributed by atoms with E-state index in [1.54, 1.807) is 31.0 Å². The molecule has 7 heteroatoms. The van der Waals surface area contributed by atoms with Gasteiger partial charge in [-0.05, 0) is 49.0 Å². The molecule has 2 aliphatic heterocycles. The Bertz CT molecular complexity index is 1160. The number of carbonyl (C=O) groups is 1. The lowest BCUT2D eigenvalue weighted by Crippen LogP contribution is -2.46. The minimum absolute atomic E-state index is 0.0449. The van der Waals surface area contributed by atoms with Crippen molar-refractivity contribution in [2.75, 3.05) is 24.6 Å². The van der Waals surface area contributed by atoms with Gasteiger partial charge < -0.3 is 19.8 Å². The van der Waals surface area contributed by atoms with E-state index < -0.39 is 0 Å². The van der Waals surface area contributed by atoms with Crippen molar-refractivity contribution in [2.45, 2.75) is 38.6 Å². The summed E-state index contributed by atoms with van der Waals surface area (Å²) in [5.74, 6) is 0.466. The number of hydrogen-bond acceptors (Lipinski definition) is 7. The van der Waals surface area contributed by atoms with E-state index in [-0.39, 0.29) is 18.2 Å². The Morgan fingerprint density at radius 2 is 2.19 bits per heavy atom. The van der Waals surface area contributed by atoms with Gasteiger partial charge in [-0.1, -0.05) is 6.92 Å². The number of pyridine rings is 2. The lowest BCUT2D eigenvalue weighted by molar-refractivity contribution is 0.0988. The van der Waals surface area contributed by atoms with E-state index in [0.29, 0.717) is 22.7 Å². The summed E-state index contributed by atoms with van der Waals surface area (Å²) in [6.45, 7) is 4.66. The van der Waals surface area contributed by atoms with Gasteiger partial charge in [0, 0.05) is 54.8 Å². The molecule has 0 radical (unpaired) electrons. The van der Waals surface area contributed by atoms with Crippen LogP contribution in [0, 0.1) is 5.92 Å². The van der Waals surface area contributed by atoms with Gasteiger partial charge in [0.15, 0.2) is 11.4 Å². The number of Topliss-reactive ketones (excluding diaryl/α,β-unsaturated/α-hetero) is 1. The Balaban J connectivity index is 1.42. The van der Waals surface area contributed by atoms with Crippen LogP contribution in [0.15, 0.2) is 47.5 Å². The average Bonchev–Trinajstić information content (AvgIpc) is 3.22. The molecular formula is C25H28N4O3. The van der Waals surface area contributed by atoms with E-state index in [0.717, 1.165) is 61.3 Å². The van der Waals surface area contributed by atoms with Gasteiger partial charge in [0.25, 0.3) is 0 Å². The van der Waals surface area contributed by atoms with Gasteiger partial charge in [0.2, 0.25) is 0 Å². The molecular weight excluding hydrogens is 404 g/mol. The molecule has 32 heavy (non-hydrogen) atoms. The molecule has 0 bridgehead atoms. The number of ether oxygens (including phenoxy) is 1. The van der Waals surface area contributed by atoms with E-state index in [2.05, 4.69) is 21.8 Å². The molecule has 0 aromatic carbocycles. The molecule has 0 unspecified atom stereocenters. The first-order chi connectivity index (χ1) is 15.6. The van der Waals surface area contributed by atoms with Crippen molar-refractivity contribution in [3.8, 4) is 0 Å². The number of aromatic nitrogens is 2. The minimum atomic E-state index is -0.0449. The zero-order valence-corrected chi connectivity index (χ0v) is 18.3. The van der Waals surface area contributed by atoms with E-state index >= 15 is 0 Å². The number of rotatable bonds is 5. The van der Waals surface area contributed by atoms with Crippen LogP contribution in [0.5, 0.6) is 0 Å². The SMILES string of the molecule is C[C@@H]1C[C@H](N)CN(c2ccncc2CC(=O)c2ccc3occ(C4=COCCC4)c3n2)C1. The van der Waals surface area contributed by atoms with Gasteiger partial charge in [-0.3, -0.25) is 9.78 Å². The highest BCUT2D eigenvalue weighted by Gasteiger charge is 2.25. The Morgan fingerprint density at radius 1 is 1.28 bits per heavy atom. The van der Waals surface area contributed by atoms with Crippen molar-refractivity contribution in [3.63, 3.8) is 0 Å². The zero-order chi connectivity index (χ0) is 22.1. The molecule has 0 amide bonds. The molecule has 166 valence electrons. The molecule has 3 aromatic rings. The smallest absolute Gasteiger partial charge is 0.185 e. The fraction of sp³-hybridized carbons (Fsp3) is 0.400. The normalized spacial score (nSPS) is 21.3. The van der Waals surface area contributed by atoms with Gasteiger partial charge in [0.05, 0.1) is 12.9 Å². The number of allylic oxidation sites excluding steroid dienone is 1. The molecule has 0 spiro atoms. The monoisotopic (exact) mass is 432 g/mol. The van der Waals surface area contributed by atoms with Crippen LogP contribution in [0.1, 0.15) is 47.8 Å². The number of furan rings is 1. The molecule has 0 aliphatic carbocycles. The highest BCUT2D eigenvalue weighted by Crippen LogP contribution is 2.31. The summed E-state index contributed by atoms with van der Waals surface area (Å²) in [4.78, 5) is 24.5. The number of piperidine rings is 1. The minimum Gasteiger partial charge on any atom is -0.501 e. The summed E-state index contributed by atoms with van der Waals surface area (Å²) in [6.07, 6.45) is 10.2. The van der Waals surface area contributed by atoms with E-state index in [9.17, 15) is 4.79 Å². The Labute approximate surface area is 187 Å². The molecule has 0 saturated carbocycles. The number of anilines is 1. The van der Waals surface area contributed by atoms with Crippen LogP contribution in [0.4, 0.5) is 5.69 Å². The maximum atomic E-state index is 13.2. The van der Waals surface area contributed by atoms with Crippen molar-refractivity contribution in [1.29, 1.82) is 0 Å². The van der Waals surface area contributed by atoms with Crippen LogP contribution in [-0.2, 0) is 11.2 Å². The summed E-state index contributed by atoms with van der Waals surface area (Å²) in [5.41, 5.74) is 11.9. The largest absolute Gasteiger partial charge is 0.501 e. The van der Waals surface area contributed by atoms with Crippen LogP contribution in [0.25, 0.3) is 16.7 Å². The summed E-state index contributed by atoms with van der Waals surface area (Å²) in [7, 11) is 0. The second-order valence-electron chi connectivity index (χ2n) is 8.92. The van der Waals surface area contributed by atoms with Crippen molar-refractivity contribution >= 4 is 28.1 Å². The molecule has 1 fully saturated rings. The Morgan fingerprint density at radius 3 is 3.00 bits per heavy atom. The maximum absolute atomic E-state index is 13.2. The Hall–Kier alpha value is -3.19. The number of ketones is 1.